The van der Waals surface area contributed by atoms with Crippen LogP contribution >= 0.6 is 0 Å². The SMILES string of the molecule is COc1ccc(C[NH+](C)[C@H](C)C(=O)Nc2ccccc2)cc1OC. The van der Waals surface area contributed by atoms with Gasteiger partial charge in [0.15, 0.2) is 17.5 Å². The largest absolute Gasteiger partial charge is 0.493 e. The van der Waals surface area contributed by atoms with Crippen LogP contribution in [-0.4, -0.2) is 33.2 Å². The van der Waals surface area contributed by atoms with E-state index in [4.69, 9.17) is 9.47 Å². The molecule has 24 heavy (non-hydrogen) atoms. The van der Waals surface area contributed by atoms with Crippen molar-refractivity contribution in [2.75, 3.05) is 26.6 Å². The van der Waals surface area contributed by atoms with E-state index in [9.17, 15) is 4.79 Å². The minimum Gasteiger partial charge on any atom is -0.493 e. The van der Waals surface area contributed by atoms with E-state index in [1.54, 1.807) is 14.2 Å². The Morgan fingerprint density at radius 3 is 2.38 bits per heavy atom. The van der Waals surface area contributed by atoms with Crippen LogP contribution in [0.15, 0.2) is 48.5 Å². The molecule has 0 bridgehead atoms. The summed E-state index contributed by atoms with van der Waals surface area (Å²) >= 11 is 0. The molecule has 0 fully saturated rings. The summed E-state index contributed by atoms with van der Waals surface area (Å²) in [5.74, 6) is 1.40. The van der Waals surface area contributed by atoms with Crippen molar-refractivity contribution in [2.45, 2.75) is 19.5 Å². The maximum atomic E-state index is 12.4. The van der Waals surface area contributed by atoms with Crippen molar-refractivity contribution in [1.82, 2.24) is 0 Å². The van der Waals surface area contributed by atoms with Gasteiger partial charge in [0.05, 0.1) is 21.3 Å². The van der Waals surface area contributed by atoms with Gasteiger partial charge >= 0.3 is 0 Å². The summed E-state index contributed by atoms with van der Waals surface area (Å²) in [6, 6.07) is 15.1. The predicted molar refractivity (Wildman–Crippen MR) is 94.7 cm³/mol. The van der Waals surface area contributed by atoms with Crippen molar-refractivity contribution in [3.8, 4) is 11.5 Å². The van der Waals surface area contributed by atoms with Gasteiger partial charge in [-0.1, -0.05) is 18.2 Å². The molecule has 5 nitrogen and oxygen atoms in total. The topological polar surface area (TPSA) is 52.0 Å². The lowest BCUT2D eigenvalue weighted by Gasteiger charge is -2.21. The van der Waals surface area contributed by atoms with Crippen molar-refractivity contribution in [3.05, 3.63) is 54.1 Å². The third kappa shape index (κ3) is 4.49. The van der Waals surface area contributed by atoms with Gasteiger partial charge in [-0.2, -0.15) is 0 Å². The molecule has 0 saturated heterocycles. The van der Waals surface area contributed by atoms with Gasteiger partial charge in [0.1, 0.15) is 6.54 Å². The van der Waals surface area contributed by atoms with Gasteiger partial charge in [0.25, 0.3) is 5.91 Å². The number of hydrogen-bond donors (Lipinski definition) is 2. The lowest BCUT2D eigenvalue weighted by molar-refractivity contribution is -0.907. The highest BCUT2D eigenvalue weighted by atomic mass is 16.5. The van der Waals surface area contributed by atoms with Crippen LogP contribution in [-0.2, 0) is 11.3 Å². The van der Waals surface area contributed by atoms with Crippen molar-refractivity contribution < 1.29 is 19.2 Å². The van der Waals surface area contributed by atoms with Crippen LogP contribution in [0.2, 0.25) is 0 Å². The summed E-state index contributed by atoms with van der Waals surface area (Å²) in [5.41, 5.74) is 1.90. The van der Waals surface area contributed by atoms with E-state index in [0.29, 0.717) is 18.0 Å². The highest BCUT2D eigenvalue weighted by molar-refractivity contribution is 5.93. The third-order valence-electron chi connectivity index (χ3n) is 4.10. The fourth-order valence-electron chi connectivity index (χ4n) is 2.46. The summed E-state index contributed by atoms with van der Waals surface area (Å²) in [4.78, 5) is 13.5. The summed E-state index contributed by atoms with van der Waals surface area (Å²) in [6.45, 7) is 2.64. The van der Waals surface area contributed by atoms with Gasteiger partial charge in [0.2, 0.25) is 0 Å². The van der Waals surface area contributed by atoms with E-state index >= 15 is 0 Å². The van der Waals surface area contributed by atoms with Gasteiger partial charge in [0, 0.05) is 11.3 Å². The van der Waals surface area contributed by atoms with E-state index < -0.39 is 0 Å². The van der Waals surface area contributed by atoms with E-state index in [2.05, 4.69) is 5.32 Å². The molecule has 128 valence electrons. The molecule has 0 heterocycles. The number of anilines is 1. The van der Waals surface area contributed by atoms with E-state index in [0.717, 1.165) is 16.2 Å². The molecule has 1 amide bonds. The van der Waals surface area contributed by atoms with E-state index in [1.165, 1.54) is 0 Å². The number of nitrogens with one attached hydrogen (secondary N) is 2. The van der Waals surface area contributed by atoms with Gasteiger partial charge in [-0.25, -0.2) is 0 Å². The number of quaternary nitrogens is 1. The summed E-state index contributed by atoms with van der Waals surface area (Å²) in [7, 11) is 5.24. The summed E-state index contributed by atoms with van der Waals surface area (Å²) in [5, 5.41) is 2.94. The Morgan fingerprint density at radius 2 is 1.75 bits per heavy atom. The molecule has 0 aromatic heterocycles. The molecule has 0 spiro atoms. The fraction of sp³-hybridized carbons (Fsp3) is 0.316. The maximum Gasteiger partial charge on any atom is 0.282 e. The van der Waals surface area contributed by atoms with Crippen molar-refractivity contribution >= 4 is 11.6 Å². The normalized spacial score (nSPS) is 13.0. The van der Waals surface area contributed by atoms with Crippen LogP contribution < -0.4 is 19.7 Å². The molecule has 5 heteroatoms. The van der Waals surface area contributed by atoms with Crippen molar-refractivity contribution in [3.63, 3.8) is 0 Å². The molecular formula is C19H25N2O3+. The minimum atomic E-state index is -0.182. The summed E-state index contributed by atoms with van der Waals surface area (Å²) in [6.07, 6.45) is 0. The zero-order valence-corrected chi connectivity index (χ0v) is 14.6. The van der Waals surface area contributed by atoms with Gasteiger partial charge in [-0.05, 0) is 37.3 Å². The second kappa shape index (κ2) is 8.36. The van der Waals surface area contributed by atoms with Gasteiger partial charge in [-0.3, -0.25) is 4.79 Å². The number of rotatable bonds is 7. The molecule has 2 atom stereocenters. The lowest BCUT2D eigenvalue weighted by atomic mass is 10.1. The Bertz CT molecular complexity index is 674. The van der Waals surface area contributed by atoms with Crippen LogP contribution in [0, 0.1) is 0 Å². The molecule has 0 aliphatic heterocycles. The lowest BCUT2D eigenvalue weighted by Crippen LogP contribution is -3.12. The molecule has 0 radical (unpaired) electrons. The predicted octanol–water partition coefficient (Wildman–Crippen LogP) is 1.75. The number of amides is 1. The number of methoxy groups -OCH3 is 2. The average Bonchev–Trinajstić information content (AvgIpc) is 2.61. The number of carbonyl (C=O) groups excluding carboxylic acids is 1. The fourth-order valence-corrected chi connectivity index (χ4v) is 2.46. The highest BCUT2D eigenvalue weighted by Crippen LogP contribution is 2.27. The molecule has 0 aliphatic rings. The van der Waals surface area contributed by atoms with Gasteiger partial charge < -0.3 is 19.7 Å². The van der Waals surface area contributed by atoms with E-state index in [-0.39, 0.29) is 11.9 Å². The zero-order chi connectivity index (χ0) is 17.5. The highest BCUT2D eigenvalue weighted by Gasteiger charge is 2.22. The van der Waals surface area contributed by atoms with Crippen LogP contribution in [0.1, 0.15) is 12.5 Å². The Hall–Kier alpha value is -2.53. The Balaban J connectivity index is 2.00. The Labute approximate surface area is 143 Å². The van der Waals surface area contributed by atoms with Gasteiger partial charge in [-0.15, -0.1) is 0 Å². The second-order valence-corrected chi connectivity index (χ2v) is 5.79. The number of likely N-dealkylation sites (N-methyl/N-ethyl adjacent to an activating group) is 1. The van der Waals surface area contributed by atoms with Crippen LogP contribution in [0.4, 0.5) is 5.69 Å². The standard InChI is InChI=1S/C19H24N2O3/c1-14(19(22)20-16-8-6-5-7-9-16)21(2)13-15-10-11-17(23-3)18(12-15)24-4/h5-12,14H,13H2,1-4H3,(H,20,22)/p+1/t14-/m1/s1. The second-order valence-electron chi connectivity index (χ2n) is 5.79. The molecule has 2 aromatic carbocycles. The first-order valence-corrected chi connectivity index (χ1v) is 7.94. The van der Waals surface area contributed by atoms with E-state index in [1.807, 2.05) is 62.5 Å². The molecule has 2 rings (SSSR count). The molecule has 2 N–H and O–H groups in total. The van der Waals surface area contributed by atoms with Crippen molar-refractivity contribution in [2.24, 2.45) is 0 Å². The average molecular weight is 329 g/mol. The molecule has 0 aliphatic carbocycles. The first-order chi connectivity index (χ1) is 11.5. The Morgan fingerprint density at radius 1 is 1.08 bits per heavy atom. The number of hydrogen-bond acceptors (Lipinski definition) is 3. The first kappa shape index (κ1) is 17.8. The smallest absolute Gasteiger partial charge is 0.282 e. The molecule has 2 aromatic rings. The zero-order valence-electron chi connectivity index (χ0n) is 14.6. The van der Waals surface area contributed by atoms with Crippen LogP contribution in [0.5, 0.6) is 11.5 Å². The first-order valence-electron chi connectivity index (χ1n) is 7.94. The number of benzene rings is 2. The number of ether oxygens (including phenoxy) is 2. The minimum absolute atomic E-state index is 0.000762. The monoisotopic (exact) mass is 329 g/mol. The van der Waals surface area contributed by atoms with Crippen LogP contribution in [0.25, 0.3) is 0 Å². The number of carbonyl (C=O) groups is 1. The van der Waals surface area contributed by atoms with Crippen LogP contribution in [0.3, 0.4) is 0 Å². The molecule has 1 unspecified atom stereocenters. The Kier molecular flexibility index (Phi) is 6.21. The number of para-hydroxylation sites is 1. The summed E-state index contributed by atoms with van der Waals surface area (Å²) < 4.78 is 10.6. The third-order valence-corrected chi connectivity index (χ3v) is 4.10. The van der Waals surface area contributed by atoms with Crippen molar-refractivity contribution in [1.29, 1.82) is 0 Å². The molecule has 0 saturated carbocycles. The maximum absolute atomic E-state index is 12.4. The molecular weight excluding hydrogens is 304 g/mol. The quantitative estimate of drug-likeness (QED) is 0.814.